The summed E-state index contributed by atoms with van der Waals surface area (Å²) in [5.74, 6) is 0.119. The van der Waals surface area contributed by atoms with Crippen LogP contribution in [0.2, 0.25) is 0 Å². The van der Waals surface area contributed by atoms with Gasteiger partial charge in [0, 0.05) is 31.6 Å². The molecule has 156 valence electrons. The van der Waals surface area contributed by atoms with E-state index in [1.165, 1.54) is 0 Å². The zero-order valence-corrected chi connectivity index (χ0v) is 16.0. The van der Waals surface area contributed by atoms with Gasteiger partial charge in [-0.3, -0.25) is 9.69 Å². The molecule has 2 N–H and O–H groups in total. The second-order valence-electron chi connectivity index (χ2n) is 8.14. The number of benzene rings is 1. The van der Waals surface area contributed by atoms with Crippen LogP contribution in [0.1, 0.15) is 44.1 Å². The van der Waals surface area contributed by atoms with Crippen LogP contribution >= 0.6 is 0 Å². The van der Waals surface area contributed by atoms with Gasteiger partial charge in [-0.15, -0.1) is 0 Å². The summed E-state index contributed by atoms with van der Waals surface area (Å²) in [6, 6.07) is 9.67. The van der Waals surface area contributed by atoms with E-state index in [9.17, 15) is 23.1 Å². The van der Waals surface area contributed by atoms with Crippen molar-refractivity contribution in [3.63, 3.8) is 0 Å². The normalized spacial score (nSPS) is 22.1. The number of nitrogens with zero attached hydrogens (tertiary/aromatic N) is 1. The van der Waals surface area contributed by atoms with Gasteiger partial charge in [-0.25, -0.2) is 0 Å². The highest BCUT2D eigenvalue weighted by molar-refractivity contribution is 5.78. The molecule has 1 atom stereocenters. The molecule has 0 radical (unpaired) electrons. The van der Waals surface area contributed by atoms with Crippen LogP contribution in [0.5, 0.6) is 0 Å². The number of nitrogens with one attached hydrogen (secondary N) is 1. The summed E-state index contributed by atoms with van der Waals surface area (Å²) in [6.07, 6.45) is -0.645. The smallest absolute Gasteiger partial charge is 0.380 e. The number of halogens is 3. The van der Waals surface area contributed by atoms with E-state index in [1.54, 1.807) is 0 Å². The number of hydrogen-bond acceptors (Lipinski definition) is 3. The highest BCUT2D eigenvalue weighted by atomic mass is 19.4. The van der Waals surface area contributed by atoms with Crippen LogP contribution in [0.4, 0.5) is 13.2 Å². The van der Waals surface area contributed by atoms with Gasteiger partial charge in [0.2, 0.25) is 5.91 Å². The average molecular weight is 398 g/mol. The minimum absolute atomic E-state index is 0.0550. The Bertz CT molecular complexity index is 637. The van der Waals surface area contributed by atoms with E-state index in [0.717, 1.165) is 31.2 Å². The first-order chi connectivity index (χ1) is 13.3. The van der Waals surface area contributed by atoms with E-state index in [1.807, 2.05) is 35.2 Å². The number of hydrogen-bond donors (Lipinski definition) is 2. The number of alkyl halides is 3. The summed E-state index contributed by atoms with van der Waals surface area (Å²) in [5, 5.41) is 13.0. The van der Waals surface area contributed by atoms with E-state index < -0.39 is 11.8 Å². The van der Waals surface area contributed by atoms with Crippen molar-refractivity contribution < 1.29 is 23.1 Å². The van der Waals surface area contributed by atoms with E-state index in [0.29, 0.717) is 13.0 Å². The maximum Gasteiger partial charge on any atom is 0.417 e. The maximum absolute atomic E-state index is 13.1. The van der Waals surface area contributed by atoms with Crippen LogP contribution in [-0.4, -0.2) is 53.4 Å². The molecule has 28 heavy (non-hydrogen) atoms. The Morgan fingerprint density at radius 3 is 2.36 bits per heavy atom. The van der Waals surface area contributed by atoms with E-state index >= 15 is 0 Å². The first-order valence-corrected chi connectivity index (χ1v) is 10.1. The fourth-order valence-corrected chi connectivity index (χ4v) is 4.31. The van der Waals surface area contributed by atoms with Crippen molar-refractivity contribution in [2.45, 2.75) is 62.8 Å². The third kappa shape index (κ3) is 5.06. The molecule has 2 fully saturated rings. The van der Waals surface area contributed by atoms with Crippen molar-refractivity contribution in [1.82, 2.24) is 10.2 Å². The molecule has 7 heteroatoms. The molecule has 1 saturated heterocycles. The number of rotatable bonds is 6. The summed E-state index contributed by atoms with van der Waals surface area (Å²) < 4.78 is 39.3. The van der Waals surface area contributed by atoms with Crippen LogP contribution < -0.4 is 5.32 Å². The van der Waals surface area contributed by atoms with Crippen LogP contribution in [-0.2, 0) is 11.2 Å². The predicted octanol–water partition coefficient (Wildman–Crippen LogP) is 3.29. The summed E-state index contributed by atoms with van der Waals surface area (Å²) in [7, 11) is 0. The van der Waals surface area contributed by atoms with Crippen LogP contribution in [0, 0.1) is 5.92 Å². The average Bonchev–Trinajstić information content (AvgIpc) is 3.20. The standard InChI is InChI=1S/C21H29F3N2O2/c22-21(23,24)20(28)10-12-26(13-11-20)18(14-16-6-2-1-3-7-16)15-25-19(27)17-8-4-5-9-17/h1-3,6-7,17-18,28H,4-5,8-15H2,(H,25,27)/t18-/m0/s1. The Kier molecular flexibility index (Phi) is 6.65. The van der Waals surface area contributed by atoms with Gasteiger partial charge in [-0.05, 0) is 37.7 Å². The molecule has 1 amide bonds. The summed E-state index contributed by atoms with van der Waals surface area (Å²) in [4.78, 5) is 14.4. The molecule has 0 spiro atoms. The van der Waals surface area contributed by atoms with Gasteiger partial charge < -0.3 is 10.4 Å². The van der Waals surface area contributed by atoms with Gasteiger partial charge in [0.15, 0.2) is 5.60 Å². The fourth-order valence-electron chi connectivity index (χ4n) is 4.31. The molecule has 2 aliphatic rings. The van der Waals surface area contributed by atoms with Crippen LogP contribution in [0.25, 0.3) is 0 Å². The van der Waals surface area contributed by atoms with Crippen molar-refractivity contribution in [1.29, 1.82) is 0 Å². The molecule has 1 aliphatic carbocycles. The number of aliphatic hydroxyl groups is 1. The number of likely N-dealkylation sites (tertiary alicyclic amines) is 1. The number of piperidine rings is 1. The van der Waals surface area contributed by atoms with Crippen molar-refractivity contribution in [3.05, 3.63) is 35.9 Å². The molecule has 0 aromatic heterocycles. The molecule has 3 rings (SSSR count). The fraction of sp³-hybridized carbons (Fsp3) is 0.667. The molecule has 0 unspecified atom stereocenters. The SMILES string of the molecule is O=C(NC[C@H](Cc1ccccc1)N1CCC(O)(C(F)(F)F)CC1)C1CCCC1. The maximum atomic E-state index is 13.1. The first-order valence-electron chi connectivity index (χ1n) is 10.1. The Hall–Kier alpha value is -1.60. The van der Waals surface area contributed by atoms with Crippen molar-refractivity contribution in [2.75, 3.05) is 19.6 Å². The Morgan fingerprint density at radius 2 is 1.79 bits per heavy atom. The van der Waals surface area contributed by atoms with Gasteiger partial charge in [0.05, 0.1) is 0 Å². The van der Waals surface area contributed by atoms with Gasteiger partial charge in [-0.1, -0.05) is 43.2 Å². The number of carbonyl (C=O) groups is 1. The summed E-state index contributed by atoms with van der Waals surface area (Å²) in [5.41, 5.74) is -1.52. The summed E-state index contributed by atoms with van der Waals surface area (Å²) in [6.45, 7) is 0.730. The Morgan fingerprint density at radius 1 is 1.18 bits per heavy atom. The van der Waals surface area contributed by atoms with Gasteiger partial charge in [0.1, 0.15) is 0 Å². The third-order valence-electron chi connectivity index (χ3n) is 6.22. The highest BCUT2D eigenvalue weighted by Gasteiger charge is 2.54. The molecule has 1 saturated carbocycles. The zero-order valence-electron chi connectivity index (χ0n) is 16.0. The molecule has 1 aromatic rings. The quantitative estimate of drug-likeness (QED) is 0.773. The Balaban J connectivity index is 1.63. The molecule has 1 heterocycles. The second-order valence-corrected chi connectivity index (χ2v) is 8.14. The van der Waals surface area contributed by atoms with Gasteiger partial charge in [0.25, 0.3) is 0 Å². The van der Waals surface area contributed by atoms with Crippen molar-refractivity contribution in [2.24, 2.45) is 5.92 Å². The Labute approximate surface area is 164 Å². The largest absolute Gasteiger partial charge is 0.417 e. The molecular weight excluding hydrogens is 369 g/mol. The van der Waals surface area contributed by atoms with E-state index in [2.05, 4.69) is 5.32 Å². The van der Waals surface area contributed by atoms with Gasteiger partial charge in [-0.2, -0.15) is 13.2 Å². The molecular formula is C21H29F3N2O2. The number of amides is 1. The topological polar surface area (TPSA) is 52.6 Å². The molecule has 0 bridgehead atoms. The lowest BCUT2D eigenvalue weighted by molar-refractivity contribution is -0.273. The van der Waals surface area contributed by atoms with Crippen LogP contribution in [0.3, 0.4) is 0 Å². The molecule has 4 nitrogen and oxygen atoms in total. The summed E-state index contributed by atoms with van der Waals surface area (Å²) >= 11 is 0. The predicted molar refractivity (Wildman–Crippen MR) is 101 cm³/mol. The third-order valence-corrected chi connectivity index (χ3v) is 6.22. The van der Waals surface area contributed by atoms with Crippen molar-refractivity contribution in [3.8, 4) is 0 Å². The van der Waals surface area contributed by atoms with Crippen LogP contribution in [0.15, 0.2) is 30.3 Å². The lowest BCUT2D eigenvalue weighted by atomic mass is 9.89. The lowest BCUT2D eigenvalue weighted by Gasteiger charge is -2.42. The zero-order chi connectivity index (χ0) is 20.2. The van der Waals surface area contributed by atoms with Crippen molar-refractivity contribution >= 4 is 5.91 Å². The number of carbonyl (C=O) groups excluding carboxylic acids is 1. The lowest BCUT2D eigenvalue weighted by Crippen LogP contribution is -2.57. The first kappa shape index (κ1) is 21.1. The molecule has 1 aromatic carbocycles. The van der Waals surface area contributed by atoms with E-state index in [4.69, 9.17) is 0 Å². The second kappa shape index (κ2) is 8.82. The highest BCUT2D eigenvalue weighted by Crippen LogP contribution is 2.38. The van der Waals surface area contributed by atoms with E-state index in [-0.39, 0.29) is 43.8 Å². The minimum Gasteiger partial charge on any atom is -0.380 e. The monoisotopic (exact) mass is 398 g/mol. The molecule has 1 aliphatic heterocycles. The minimum atomic E-state index is -4.61. The van der Waals surface area contributed by atoms with Gasteiger partial charge >= 0.3 is 6.18 Å².